The normalized spacial score (nSPS) is 16.4. The van der Waals surface area contributed by atoms with Gasteiger partial charge in [-0.15, -0.1) is 0 Å². The minimum absolute atomic E-state index is 0.0159. The fraction of sp³-hybridized carbons (Fsp3) is 0.864. The zero-order chi connectivity index (χ0) is 19.3. The standard InChI is InChI=1S/C22H44N4/c1-6-7-8-9-10-14-17-23-19(2)25-21(26-22(3,4)5)24-18-20-15-12-11-13-16-20/h20,23H,2,6-18H2,1,3-5H3,(H2,24,25,26). The fourth-order valence-corrected chi connectivity index (χ4v) is 3.39. The molecule has 0 aromatic heterocycles. The lowest BCUT2D eigenvalue weighted by molar-refractivity contribution is 0.365. The van der Waals surface area contributed by atoms with Gasteiger partial charge in [0.25, 0.3) is 0 Å². The summed E-state index contributed by atoms with van der Waals surface area (Å²) in [5, 5.41) is 10.2. The van der Waals surface area contributed by atoms with Gasteiger partial charge in [0.1, 0.15) is 0 Å². The molecule has 0 unspecified atom stereocenters. The van der Waals surface area contributed by atoms with Crippen molar-refractivity contribution in [1.82, 2.24) is 16.0 Å². The van der Waals surface area contributed by atoms with Crippen LogP contribution in [0.1, 0.15) is 98.3 Å². The second-order valence-electron chi connectivity index (χ2n) is 8.87. The van der Waals surface area contributed by atoms with Gasteiger partial charge in [-0.25, -0.2) is 0 Å². The molecule has 4 heteroatoms. The molecule has 152 valence electrons. The van der Waals surface area contributed by atoms with Crippen molar-refractivity contribution < 1.29 is 0 Å². The van der Waals surface area contributed by atoms with Gasteiger partial charge in [-0.2, -0.15) is 0 Å². The van der Waals surface area contributed by atoms with Crippen LogP contribution in [0.3, 0.4) is 0 Å². The molecule has 26 heavy (non-hydrogen) atoms. The van der Waals surface area contributed by atoms with Crippen molar-refractivity contribution in [2.75, 3.05) is 13.1 Å². The lowest BCUT2D eigenvalue weighted by atomic mass is 9.89. The lowest BCUT2D eigenvalue weighted by Gasteiger charge is -2.26. The molecule has 0 aromatic rings. The van der Waals surface area contributed by atoms with Crippen LogP contribution in [0.25, 0.3) is 0 Å². The van der Waals surface area contributed by atoms with E-state index in [-0.39, 0.29) is 5.54 Å². The highest BCUT2D eigenvalue weighted by Gasteiger charge is 2.16. The maximum Gasteiger partial charge on any atom is 0.197 e. The molecule has 0 saturated heterocycles. The summed E-state index contributed by atoms with van der Waals surface area (Å²) < 4.78 is 0. The van der Waals surface area contributed by atoms with E-state index in [1.54, 1.807) is 0 Å². The average molecular weight is 365 g/mol. The zero-order valence-corrected chi connectivity index (χ0v) is 17.9. The Kier molecular flexibility index (Phi) is 11.5. The molecule has 0 amide bonds. The van der Waals surface area contributed by atoms with Crippen molar-refractivity contribution in [3.8, 4) is 0 Å². The third kappa shape index (κ3) is 12.2. The van der Waals surface area contributed by atoms with Gasteiger partial charge in [-0.05, 0) is 46.0 Å². The van der Waals surface area contributed by atoms with E-state index in [1.807, 2.05) is 0 Å². The van der Waals surface area contributed by atoms with Crippen LogP contribution in [0.4, 0.5) is 0 Å². The Labute approximate surface area is 162 Å². The highest BCUT2D eigenvalue weighted by Crippen LogP contribution is 2.23. The first-order valence-corrected chi connectivity index (χ1v) is 10.9. The maximum atomic E-state index is 4.84. The predicted molar refractivity (Wildman–Crippen MR) is 115 cm³/mol. The van der Waals surface area contributed by atoms with Gasteiger partial charge in [0.15, 0.2) is 5.96 Å². The highest BCUT2D eigenvalue weighted by atomic mass is 15.2. The number of hydrogen-bond acceptors (Lipinski definition) is 2. The van der Waals surface area contributed by atoms with Crippen LogP contribution in [0.5, 0.6) is 0 Å². The summed E-state index contributed by atoms with van der Waals surface area (Å²) in [6.07, 6.45) is 14.6. The summed E-state index contributed by atoms with van der Waals surface area (Å²) in [6.45, 7) is 14.8. The summed E-state index contributed by atoms with van der Waals surface area (Å²) in [5.74, 6) is 2.44. The Morgan fingerprint density at radius 2 is 1.65 bits per heavy atom. The molecule has 0 aliphatic heterocycles. The summed E-state index contributed by atoms with van der Waals surface area (Å²) >= 11 is 0. The number of hydrogen-bond donors (Lipinski definition) is 3. The van der Waals surface area contributed by atoms with Gasteiger partial charge in [-0.3, -0.25) is 4.99 Å². The summed E-state index contributed by atoms with van der Waals surface area (Å²) in [6, 6.07) is 0. The van der Waals surface area contributed by atoms with Crippen LogP contribution in [0.15, 0.2) is 17.4 Å². The molecule has 4 nitrogen and oxygen atoms in total. The molecule has 0 spiro atoms. The molecular weight excluding hydrogens is 320 g/mol. The number of guanidine groups is 1. The fourth-order valence-electron chi connectivity index (χ4n) is 3.39. The Morgan fingerprint density at radius 1 is 1.00 bits per heavy atom. The third-order valence-electron chi connectivity index (χ3n) is 4.86. The van der Waals surface area contributed by atoms with Gasteiger partial charge in [0.2, 0.25) is 0 Å². The molecule has 0 atom stereocenters. The first kappa shape index (κ1) is 22.9. The van der Waals surface area contributed by atoms with E-state index in [0.717, 1.165) is 30.8 Å². The molecule has 0 radical (unpaired) electrons. The Bertz CT molecular complexity index is 403. The largest absolute Gasteiger partial charge is 0.372 e. The van der Waals surface area contributed by atoms with E-state index in [9.17, 15) is 0 Å². The molecule has 0 bridgehead atoms. The van der Waals surface area contributed by atoms with Gasteiger partial charge < -0.3 is 16.0 Å². The average Bonchev–Trinajstić information content (AvgIpc) is 2.58. The van der Waals surface area contributed by atoms with Crippen LogP contribution >= 0.6 is 0 Å². The second kappa shape index (κ2) is 13.1. The van der Waals surface area contributed by atoms with Crippen molar-refractivity contribution >= 4 is 5.96 Å². The lowest BCUT2D eigenvalue weighted by Crippen LogP contribution is -2.49. The smallest absolute Gasteiger partial charge is 0.197 e. The topological polar surface area (TPSA) is 48.5 Å². The van der Waals surface area contributed by atoms with E-state index in [0.29, 0.717) is 0 Å². The third-order valence-corrected chi connectivity index (χ3v) is 4.86. The highest BCUT2D eigenvalue weighted by molar-refractivity contribution is 5.82. The van der Waals surface area contributed by atoms with E-state index < -0.39 is 0 Å². The van der Waals surface area contributed by atoms with Crippen molar-refractivity contribution in [3.63, 3.8) is 0 Å². The zero-order valence-electron chi connectivity index (χ0n) is 17.9. The SMILES string of the molecule is C=C(NCCCCCCCC)NC(=NCC1CCCCC1)NC(C)(C)C. The molecule has 1 aliphatic carbocycles. The first-order chi connectivity index (χ1) is 12.4. The molecule has 0 aromatic carbocycles. The van der Waals surface area contributed by atoms with Crippen molar-refractivity contribution in [3.05, 3.63) is 12.4 Å². The molecule has 1 fully saturated rings. The monoisotopic (exact) mass is 364 g/mol. The summed E-state index contributed by atoms with van der Waals surface area (Å²) in [7, 11) is 0. The van der Waals surface area contributed by atoms with Crippen molar-refractivity contribution in [1.29, 1.82) is 0 Å². The van der Waals surface area contributed by atoms with Gasteiger partial charge in [0.05, 0.1) is 5.82 Å². The van der Waals surface area contributed by atoms with Crippen LogP contribution in [-0.4, -0.2) is 24.6 Å². The quantitative estimate of drug-likeness (QED) is 0.264. The Balaban J connectivity index is 2.34. The molecule has 0 heterocycles. The Hall–Kier alpha value is -1.19. The Morgan fingerprint density at radius 3 is 2.31 bits per heavy atom. The van der Waals surface area contributed by atoms with Crippen molar-refractivity contribution in [2.45, 2.75) is 104 Å². The van der Waals surface area contributed by atoms with Gasteiger partial charge >= 0.3 is 0 Å². The van der Waals surface area contributed by atoms with E-state index >= 15 is 0 Å². The molecular formula is C22H44N4. The molecule has 1 rings (SSSR count). The van der Waals surface area contributed by atoms with E-state index in [4.69, 9.17) is 4.99 Å². The minimum Gasteiger partial charge on any atom is -0.372 e. The number of nitrogens with zero attached hydrogens (tertiary/aromatic N) is 1. The van der Waals surface area contributed by atoms with E-state index in [1.165, 1.54) is 70.6 Å². The molecule has 1 saturated carbocycles. The van der Waals surface area contributed by atoms with Crippen LogP contribution in [0, 0.1) is 5.92 Å². The second-order valence-corrected chi connectivity index (χ2v) is 8.87. The maximum absolute atomic E-state index is 4.84. The van der Waals surface area contributed by atoms with Gasteiger partial charge in [-0.1, -0.05) is 64.9 Å². The summed E-state index contributed by atoms with van der Waals surface area (Å²) in [5.41, 5.74) is -0.0159. The van der Waals surface area contributed by atoms with Crippen LogP contribution in [0.2, 0.25) is 0 Å². The number of unbranched alkanes of at least 4 members (excludes halogenated alkanes) is 5. The van der Waals surface area contributed by atoms with E-state index in [2.05, 4.69) is 50.2 Å². The number of rotatable bonds is 11. The summed E-state index contributed by atoms with van der Waals surface area (Å²) in [4.78, 5) is 4.84. The van der Waals surface area contributed by atoms with Gasteiger partial charge in [0, 0.05) is 18.6 Å². The predicted octanol–water partition coefficient (Wildman–Crippen LogP) is 5.32. The van der Waals surface area contributed by atoms with Crippen LogP contribution in [-0.2, 0) is 0 Å². The first-order valence-electron chi connectivity index (χ1n) is 10.9. The molecule has 1 aliphatic rings. The van der Waals surface area contributed by atoms with Crippen molar-refractivity contribution in [2.24, 2.45) is 10.9 Å². The minimum atomic E-state index is -0.0159. The number of aliphatic imine (C=N–C) groups is 1. The molecule has 3 N–H and O–H groups in total. The van der Waals surface area contributed by atoms with Crippen LogP contribution < -0.4 is 16.0 Å². The number of nitrogens with one attached hydrogen (secondary N) is 3.